The van der Waals surface area contributed by atoms with Crippen molar-refractivity contribution in [3.05, 3.63) is 43.0 Å². The lowest BCUT2D eigenvalue weighted by Crippen LogP contribution is -2.41. The molecule has 0 saturated carbocycles. The largest absolute Gasteiger partial charge is 0.494 e. The molecule has 104 valence electrons. The molecule has 5 heteroatoms. The Balaban J connectivity index is 1.83. The van der Waals surface area contributed by atoms with Crippen LogP contribution in [0.15, 0.2) is 43.0 Å². The second-order valence-electron chi connectivity index (χ2n) is 6.15. The van der Waals surface area contributed by atoms with Gasteiger partial charge in [-0.2, -0.15) is 0 Å². The minimum Gasteiger partial charge on any atom is -0.399 e. The fourth-order valence-electron chi connectivity index (χ4n) is 2.19. The summed E-state index contributed by atoms with van der Waals surface area (Å²) in [6.45, 7) is 8.25. The standard InChI is InChI=1S/C15H19BN2O2/c1-14(2)15(3,4)20-16(19-14)12-5-7-13(8-6-12)18-10-9-17-11-18/h5-11H,1-4H3. The van der Waals surface area contributed by atoms with Crippen LogP contribution in [0.5, 0.6) is 0 Å². The molecule has 1 aliphatic heterocycles. The van der Waals surface area contributed by atoms with Crippen LogP contribution in [-0.4, -0.2) is 27.9 Å². The van der Waals surface area contributed by atoms with E-state index in [1.165, 1.54) is 0 Å². The molecule has 2 aromatic rings. The van der Waals surface area contributed by atoms with Gasteiger partial charge in [-0.15, -0.1) is 0 Å². The number of rotatable bonds is 2. The van der Waals surface area contributed by atoms with Gasteiger partial charge in [0.05, 0.1) is 17.5 Å². The molecule has 0 spiro atoms. The molecule has 1 aliphatic rings. The van der Waals surface area contributed by atoms with E-state index in [4.69, 9.17) is 9.31 Å². The number of hydrogen-bond acceptors (Lipinski definition) is 3. The van der Waals surface area contributed by atoms with Crippen LogP contribution in [0.2, 0.25) is 0 Å². The summed E-state index contributed by atoms with van der Waals surface area (Å²) in [4.78, 5) is 4.05. The molecular formula is C15H19BN2O2. The maximum atomic E-state index is 6.04. The zero-order valence-electron chi connectivity index (χ0n) is 12.3. The molecule has 1 saturated heterocycles. The van der Waals surface area contributed by atoms with Gasteiger partial charge in [-0.05, 0) is 45.3 Å². The zero-order valence-corrected chi connectivity index (χ0v) is 12.3. The van der Waals surface area contributed by atoms with Crippen molar-refractivity contribution in [2.75, 3.05) is 0 Å². The Morgan fingerprint density at radius 3 is 2.10 bits per heavy atom. The predicted molar refractivity (Wildman–Crippen MR) is 79.3 cm³/mol. The minimum absolute atomic E-state index is 0.305. The number of benzene rings is 1. The lowest BCUT2D eigenvalue weighted by atomic mass is 9.79. The number of imidazole rings is 1. The van der Waals surface area contributed by atoms with Gasteiger partial charge >= 0.3 is 7.12 Å². The van der Waals surface area contributed by atoms with Crippen LogP contribution >= 0.6 is 0 Å². The van der Waals surface area contributed by atoms with Crippen molar-refractivity contribution in [1.29, 1.82) is 0 Å². The van der Waals surface area contributed by atoms with E-state index in [2.05, 4.69) is 32.7 Å². The van der Waals surface area contributed by atoms with Crippen LogP contribution in [0.25, 0.3) is 5.69 Å². The van der Waals surface area contributed by atoms with Crippen molar-refractivity contribution in [2.24, 2.45) is 0 Å². The molecule has 1 aromatic heterocycles. The topological polar surface area (TPSA) is 36.3 Å². The Morgan fingerprint density at radius 2 is 1.60 bits per heavy atom. The van der Waals surface area contributed by atoms with E-state index in [0.717, 1.165) is 11.2 Å². The summed E-state index contributed by atoms with van der Waals surface area (Å²) >= 11 is 0. The minimum atomic E-state index is -0.308. The summed E-state index contributed by atoms with van der Waals surface area (Å²) in [5.74, 6) is 0. The quantitative estimate of drug-likeness (QED) is 0.785. The molecule has 0 N–H and O–H groups in total. The predicted octanol–water partition coefficient (Wildman–Crippen LogP) is 2.17. The molecule has 20 heavy (non-hydrogen) atoms. The molecule has 0 atom stereocenters. The average Bonchev–Trinajstić information content (AvgIpc) is 2.97. The number of hydrogen-bond donors (Lipinski definition) is 0. The Labute approximate surface area is 119 Å². The lowest BCUT2D eigenvalue weighted by molar-refractivity contribution is 0.00578. The van der Waals surface area contributed by atoms with Gasteiger partial charge in [0, 0.05) is 18.1 Å². The van der Waals surface area contributed by atoms with Gasteiger partial charge in [0.25, 0.3) is 0 Å². The summed E-state index contributed by atoms with van der Waals surface area (Å²) in [5, 5.41) is 0. The molecule has 1 aromatic carbocycles. The highest BCUT2D eigenvalue weighted by Crippen LogP contribution is 2.36. The smallest absolute Gasteiger partial charge is 0.399 e. The van der Waals surface area contributed by atoms with E-state index in [0.29, 0.717) is 0 Å². The molecule has 2 heterocycles. The second-order valence-corrected chi connectivity index (χ2v) is 6.15. The van der Waals surface area contributed by atoms with Gasteiger partial charge < -0.3 is 13.9 Å². The van der Waals surface area contributed by atoms with Crippen LogP contribution in [0.4, 0.5) is 0 Å². The fourth-order valence-corrected chi connectivity index (χ4v) is 2.19. The highest BCUT2D eigenvalue weighted by atomic mass is 16.7. The Hall–Kier alpha value is -1.59. The van der Waals surface area contributed by atoms with Gasteiger partial charge in [0.2, 0.25) is 0 Å². The first-order chi connectivity index (χ1) is 9.39. The fraction of sp³-hybridized carbons (Fsp3) is 0.400. The first-order valence-corrected chi connectivity index (χ1v) is 6.83. The van der Waals surface area contributed by atoms with E-state index < -0.39 is 0 Å². The van der Waals surface area contributed by atoms with Crippen LogP contribution < -0.4 is 5.46 Å². The highest BCUT2D eigenvalue weighted by molar-refractivity contribution is 6.62. The van der Waals surface area contributed by atoms with E-state index in [9.17, 15) is 0 Å². The first-order valence-electron chi connectivity index (χ1n) is 6.83. The number of aromatic nitrogens is 2. The van der Waals surface area contributed by atoms with Gasteiger partial charge in [-0.1, -0.05) is 12.1 Å². The zero-order chi connectivity index (χ0) is 14.4. The summed E-state index contributed by atoms with van der Waals surface area (Å²) in [6, 6.07) is 8.17. The summed E-state index contributed by atoms with van der Waals surface area (Å²) < 4.78 is 14.0. The third kappa shape index (κ3) is 2.17. The van der Waals surface area contributed by atoms with Gasteiger partial charge in [0.1, 0.15) is 0 Å². The Bertz CT molecular complexity index is 575. The van der Waals surface area contributed by atoms with Crippen molar-refractivity contribution >= 4 is 12.6 Å². The highest BCUT2D eigenvalue weighted by Gasteiger charge is 2.51. The van der Waals surface area contributed by atoms with Crippen LogP contribution in [0.1, 0.15) is 27.7 Å². The SMILES string of the molecule is CC1(C)OB(c2ccc(-n3ccnc3)cc2)OC1(C)C. The van der Waals surface area contributed by atoms with E-state index in [1.807, 2.05) is 35.0 Å². The van der Waals surface area contributed by atoms with Gasteiger partial charge in [-0.25, -0.2) is 4.98 Å². The monoisotopic (exact) mass is 270 g/mol. The third-order valence-electron chi connectivity index (χ3n) is 4.22. The van der Waals surface area contributed by atoms with Crippen LogP contribution in [0, 0.1) is 0 Å². The molecule has 0 radical (unpaired) electrons. The lowest BCUT2D eigenvalue weighted by Gasteiger charge is -2.32. The molecule has 0 aliphatic carbocycles. The van der Waals surface area contributed by atoms with E-state index >= 15 is 0 Å². The average molecular weight is 270 g/mol. The molecular weight excluding hydrogens is 251 g/mol. The Morgan fingerprint density at radius 1 is 1.00 bits per heavy atom. The van der Waals surface area contributed by atoms with Crippen molar-refractivity contribution < 1.29 is 9.31 Å². The van der Waals surface area contributed by atoms with Crippen molar-refractivity contribution in [2.45, 2.75) is 38.9 Å². The van der Waals surface area contributed by atoms with Gasteiger partial charge in [-0.3, -0.25) is 0 Å². The Kier molecular flexibility index (Phi) is 2.99. The van der Waals surface area contributed by atoms with Gasteiger partial charge in [0.15, 0.2) is 0 Å². The van der Waals surface area contributed by atoms with E-state index in [1.54, 1.807) is 12.5 Å². The normalized spacial score (nSPS) is 20.3. The van der Waals surface area contributed by atoms with Crippen LogP contribution in [0.3, 0.4) is 0 Å². The maximum absolute atomic E-state index is 6.04. The van der Waals surface area contributed by atoms with Crippen LogP contribution in [-0.2, 0) is 9.31 Å². The second kappa shape index (κ2) is 4.47. The van der Waals surface area contributed by atoms with Crippen molar-refractivity contribution in [3.63, 3.8) is 0 Å². The summed E-state index contributed by atoms with van der Waals surface area (Å²) in [5.41, 5.74) is 1.50. The number of nitrogens with zero attached hydrogens (tertiary/aromatic N) is 2. The maximum Gasteiger partial charge on any atom is 0.494 e. The molecule has 1 fully saturated rings. The molecule has 0 amide bonds. The molecule has 3 rings (SSSR count). The summed E-state index contributed by atoms with van der Waals surface area (Å²) in [6.07, 6.45) is 5.47. The third-order valence-corrected chi connectivity index (χ3v) is 4.22. The molecule has 4 nitrogen and oxygen atoms in total. The van der Waals surface area contributed by atoms with Crippen molar-refractivity contribution in [1.82, 2.24) is 9.55 Å². The molecule has 0 bridgehead atoms. The van der Waals surface area contributed by atoms with E-state index in [-0.39, 0.29) is 18.3 Å². The van der Waals surface area contributed by atoms with Crippen molar-refractivity contribution in [3.8, 4) is 5.69 Å². The molecule has 0 unspecified atom stereocenters. The first kappa shape index (κ1) is 13.4. The summed E-state index contributed by atoms with van der Waals surface area (Å²) in [7, 11) is -0.308.